The van der Waals surface area contributed by atoms with Crippen LogP contribution in [-0.2, 0) is 9.59 Å². The highest BCUT2D eigenvalue weighted by Gasteiger charge is 2.43. The Morgan fingerprint density at radius 3 is 2.29 bits per heavy atom. The highest BCUT2D eigenvalue weighted by atomic mass is 16.5. The van der Waals surface area contributed by atoms with E-state index < -0.39 is 6.04 Å². The van der Waals surface area contributed by atoms with Gasteiger partial charge in [0.2, 0.25) is 5.91 Å². The monoisotopic (exact) mass is 574 g/mol. The molecule has 2 aliphatic heterocycles. The molecule has 0 radical (unpaired) electrons. The van der Waals surface area contributed by atoms with Crippen LogP contribution in [0.4, 0.5) is 11.4 Å². The molecule has 2 heterocycles. The fourth-order valence-corrected chi connectivity index (χ4v) is 7.45. The standard InChI is InChI=1S/C34H46N4O4/c1-32(2)18-24-30(26(39)19-32)31(21-13-14-27(41-7)28(15-21)42-8)38(25-12-10-9-11-23(25)36-24)20-29(40)35-22-16-33(3,4)37-34(5,6)17-22/h9-15,22,31,36-37H,16-20H2,1-8H3,(H,35,40). The highest BCUT2D eigenvalue weighted by Crippen LogP contribution is 2.49. The van der Waals surface area contributed by atoms with Crippen LogP contribution in [0.2, 0.25) is 0 Å². The molecule has 1 saturated heterocycles. The minimum Gasteiger partial charge on any atom is -0.493 e. The van der Waals surface area contributed by atoms with Crippen LogP contribution < -0.4 is 30.3 Å². The van der Waals surface area contributed by atoms with E-state index in [9.17, 15) is 9.59 Å². The molecule has 0 aromatic heterocycles. The van der Waals surface area contributed by atoms with Gasteiger partial charge in [0.05, 0.1) is 38.2 Å². The summed E-state index contributed by atoms with van der Waals surface area (Å²) in [4.78, 5) is 30.0. The number of methoxy groups -OCH3 is 2. The van der Waals surface area contributed by atoms with E-state index in [4.69, 9.17) is 9.47 Å². The van der Waals surface area contributed by atoms with Gasteiger partial charge in [-0.15, -0.1) is 0 Å². The summed E-state index contributed by atoms with van der Waals surface area (Å²) in [5, 5.41) is 10.7. The molecule has 8 nitrogen and oxygen atoms in total. The van der Waals surface area contributed by atoms with Crippen LogP contribution in [0.1, 0.15) is 78.8 Å². The summed E-state index contributed by atoms with van der Waals surface area (Å²) >= 11 is 0. The zero-order valence-corrected chi connectivity index (χ0v) is 26.3. The largest absolute Gasteiger partial charge is 0.493 e. The molecule has 1 amide bonds. The summed E-state index contributed by atoms with van der Waals surface area (Å²) in [6.45, 7) is 13.1. The topological polar surface area (TPSA) is 91.9 Å². The number of nitrogens with one attached hydrogen (secondary N) is 3. The Balaban J connectivity index is 1.60. The first-order chi connectivity index (χ1) is 19.7. The van der Waals surface area contributed by atoms with Crippen molar-refractivity contribution in [1.29, 1.82) is 0 Å². The molecule has 1 aliphatic carbocycles. The Morgan fingerprint density at radius 2 is 1.62 bits per heavy atom. The SMILES string of the molecule is COc1ccc(C2C3=C(CC(C)(C)CC3=O)Nc3ccccc3N2CC(=O)NC2CC(C)(C)NC(C)(C)C2)cc1OC. The van der Waals surface area contributed by atoms with E-state index >= 15 is 0 Å². The zero-order chi connectivity index (χ0) is 30.4. The number of allylic oxidation sites excluding steroid dienone is 1. The average molecular weight is 575 g/mol. The maximum Gasteiger partial charge on any atom is 0.239 e. The minimum absolute atomic E-state index is 0.0375. The van der Waals surface area contributed by atoms with Crippen LogP contribution in [-0.4, -0.2) is 49.6 Å². The Bertz CT molecular complexity index is 1390. The molecule has 1 fully saturated rings. The van der Waals surface area contributed by atoms with Gasteiger partial charge in [-0.2, -0.15) is 0 Å². The summed E-state index contributed by atoms with van der Waals surface area (Å²) in [5.41, 5.74) is 3.87. The number of piperidine rings is 1. The first kappa shape index (κ1) is 30.0. The molecule has 0 saturated carbocycles. The number of ketones is 1. The molecule has 226 valence electrons. The lowest BCUT2D eigenvalue weighted by Gasteiger charge is -2.46. The number of para-hydroxylation sites is 2. The Morgan fingerprint density at radius 1 is 0.952 bits per heavy atom. The van der Waals surface area contributed by atoms with Gasteiger partial charge in [0, 0.05) is 34.8 Å². The number of carbonyl (C=O) groups excluding carboxylic acids is 2. The van der Waals surface area contributed by atoms with E-state index in [1.165, 1.54) is 0 Å². The molecule has 3 N–H and O–H groups in total. The molecular formula is C34H46N4O4. The fourth-order valence-electron chi connectivity index (χ4n) is 7.45. The third-order valence-corrected chi connectivity index (χ3v) is 8.60. The van der Waals surface area contributed by atoms with E-state index in [2.05, 4.69) is 62.4 Å². The Kier molecular flexibility index (Phi) is 7.81. The number of rotatable bonds is 6. The number of ether oxygens (including phenoxy) is 2. The second-order valence-corrected chi connectivity index (χ2v) is 14.2. The van der Waals surface area contributed by atoms with Gasteiger partial charge in [0.1, 0.15) is 0 Å². The van der Waals surface area contributed by atoms with Crippen molar-refractivity contribution in [3.8, 4) is 11.5 Å². The summed E-state index contributed by atoms with van der Waals surface area (Å²) in [6.07, 6.45) is 2.84. The van der Waals surface area contributed by atoms with E-state index in [0.29, 0.717) is 23.5 Å². The quantitative estimate of drug-likeness (QED) is 0.405. The second-order valence-electron chi connectivity index (χ2n) is 14.2. The molecular weight excluding hydrogens is 528 g/mol. The lowest BCUT2D eigenvalue weighted by molar-refractivity contribution is -0.121. The number of Topliss-reactive ketones (excluding diaryl/α,β-unsaturated/α-hetero) is 1. The van der Waals surface area contributed by atoms with Crippen LogP contribution in [0.5, 0.6) is 11.5 Å². The third-order valence-electron chi connectivity index (χ3n) is 8.60. The van der Waals surface area contributed by atoms with Crippen LogP contribution >= 0.6 is 0 Å². The number of benzene rings is 2. The molecule has 1 atom stereocenters. The van der Waals surface area contributed by atoms with E-state index in [-0.39, 0.29) is 40.8 Å². The summed E-state index contributed by atoms with van der Waals surface area (Å²) < 4.78 is 11.2. The number of hydrogen-bond acceptors (Lipinski definition) is 7. The van der Waals surface area contributed by atoms with Crippen LogP contribution in [0.3, 0.4) is 0 Å². The first-order valence-corrected chi connectivity index (χ1v) is 14.9. The fraction of sp³-hybridized carbons (Fsp3) is 0.529. The Labute approximate surface area is 250 Å². The van der Waals surface area contributed by atoms with E-state index in [1.807, 2.05) is 42.5 Å². The van der Waals surface area contributed by atoms with Crippen LogP contribution in [0.25, 0.3) is 0 Å². The predicted octanol–water partition coefficient (Wildman–Crippen LogP) is 5.75. The van der Waals surface area contributed by atoms with Crippen molar-refractivity contribution >= 4 is 23.1 Å². The van der Waals surface area contributed by atoms with Crippen molar-refractivity contribution in [3.63, 3.8) is 0 Å². The minimum atomic E-state index is -0.494. The van der Waals surface area contributed by atoms with Crippen molar-refractivity contribution in [2.45, 2.75) is 90.4 Å². The number of amides is 1. The van der Waals surface area contributed by atoms with E-state index in [1.54, 1.807) is 14.2 Å². The molecule has 3 aliphatic rings. The number of nitrogens with zero attached hydrogens (tertiary/aromatic N) is 1. The van der Waals surface area contributed by atoms with E-state index in [0.717, 1.165) is 41.9 Å². The lowest BCUT2D eigenvalue weighted by Crippen LogP contribution is -2.62. The van der Waals surface area contributed by atoms with Crippen molar-refractivity contribution in [2.24, 2.45) is 5.41 Å². The van der Waals surface area contributed by atoms with Gasteiger partial charge < -0.3 is 30.3 Å². The Hall–Kier alpha value is -3.52. The molecule has 2 aromatic carbocycles. The van der Waals surface area contributed by atoms with Crippen molar-refractivity contribution in [2.75, 3.05) is 31.0 Å². The van der Waals surface area contributed by atoms with Crippen molar-refractivity contribution in [1.82, 2.24) is 10.6 Å². The smallest absolute Gasteiger partial charge is 0.239 e. The number of hydrogen-bond donors (Lipinski definition) is 3. The average Bonchev–Trinajstić information content (AvgIpc) is 3.00. The van der Waals surface area contributed by atoms with Gasteiger partial charge >= 0.3 is 0 Å². The molecule has 0 spiro atoms. The second kappa shape index (κ2) is 11.0. The maximum absolute atomic E-state index is 14.0. The molecule has 1 unspecified atom stereocenters. The maximum atomic E-state index is 14.0. The highest BCUT2D eigenvalue weighted by molar-refractivity contribution is 6.02. The normalized spacial score (nSPS) is 22.8. The molecule has 0 bridgehead atoms. The van der Waals surface area contributed by atoms with Gasteiger partial charge in [0.25, 0.3) is 0 Å². The zero-order valence-electron chi connectivity index (χ0n) is 26.3. The lowest BCUT2D eigenvalue weighted by atomic mass is 9.73. The van der Waals surface area contributed by atoms with Crippen LogP contribution in [0, 0.1) is 5.41 Å². The van der Waals surface area contributed by atoms with Gasteiger partial charge in [-0.1, -0.05) is 32.0 Å². The summed E-state index contributed by atoms with van der Waals surface area (Å²) in [7, 11) is 3.22. The van der Waals surface area contributed by atoms with Crippen molar-refractivity contribution in [3.05, 3.63) is 59.3 Å². The number of anilines is 2. The van der Waals surface area contributed by atoms with Gasteiger partial charge in [0.15, 0.2) is 17.3 Å². The van der Waals surface area contributed by atoms with Gasteiger partial charge in [-0.25, -0.2) is 0 Å². The molecule has 5 rings (SSSR count). The van der Waals surface area contributed by atoms with Crippen LogP contribution in [0.15, 0.2) is 53.7 Å². The molecule has 42 heavy (non-hydrogen) atoms. The molecule has 8 heteroatoms. The summed E-state index contributed by atoms with van der Waals surface area (Å²) in [5.74, 6) is 1.21. The summed E-state index contributed by atoms with van der Waals surface area (Å²) in [6, 6.07) is 13.3. The van der Waals surface area contributed by atoms with Crippen molar-refractivity contribution < 1.29 is 19.1 Å². The van der Waals surface area contributed by atoms with Gasteiger partial charge in [-0.05, 0) is 82.2 Å². The third kappa shape index (κ3) is 6.14. The molecule has 2 aromatic rings. The van der Waals surface area contributed by atoms with Gasteiger partial charge in [-0.3, -0.25) is 9.59 Å². The predicted molar refractivity (Wildman–Crippen MR) is 167 cm³/mol. The number of carbonyl (C=O) groups is 2. The first-order valence-electron chi connectivity index (χ1n) is 14.9. The number of fused-ring (bicyclic) bond motifs is 1.